The average molecular weight is 408 g/mol. The van der Waals surface area contributed by atoms with Crippen LogP contribution in [0.2, 0.25) is 0 Å². The monoisotopic (exact) mass is 408 g/mol. The van der Waals surface area contributed by atoms with Gasteiger partial charge in [-0.3, -0.25) is 4.79 Å². The van der Waals surface area contributed by atoms with Crippen LogP contribution in [-0.2, 0) is 24.2 Å². The van der Waals surface area contributed by atoms with Crippen molar-refractivity contribution in [2.45, 2.75) is 19.4 Å². The topological polar surface area (TPSA) is 65.8 Å². The maximum Gasteiger partial charge on any atom is 0.229 e. The Bertz CT molecular complexity index is 1070. The van der Waals surface area contributed by atoms with Crippen LogP contribution in [0, 0.1) is 11.7 Å². The highest BCUT2D eigenvalue weighted by Gasteiger charge is 2.37. The summed E-state index contributed by atoms with van der Waals surface area (Å²) in [4.78, 5) is 21.7. The lowest BCUT2D eigenvalue weighted by Crippen LogP contribution is -2.54. The lowest BCUT2D eigenvalue weighted by Gasteiger charge is -2.42. The van der Waals surface area contributed by atoms with Gasteiger partial charge in [-0.25, -0.2) is 9.37 Å². The van der Waals surface area contributed by atoms with E-state index in [1.165, 1.54) is 17.7 Å². The normalized spacial score (nSPS) is 16.8. The van der Waals surface area contributed by atoms with E-state index in [2.05, 4.69) is 15.3 Å². The van der Waals surface area contributed by atoms with Crippen molar-refractivity contribution in [1.82, 2.24) is 24.8 Å². The molecule has 0 aliphatic carbocycles. The zero-order valence-corrected chi connectivity index (χ0v) is 17.0. The van der Waals surface area contributed by atoms with Crippen molar-refractivity contribution in [2.24, 2.45) is 5.92 Å². The van der Waals surface area contributed by atoms with Crippen molar-refractivity contribution in [2.75, 3.05) is 38.1 Å². The molecule has 30 heavy (non-hydrogen) atoms. The van der Waals surface area contributed by atoms with Crippen LogP contribution in [0.1, 0.15) is 16.8 Å². The summed E-state index contributed by atoms with van der Waals surface area (Å²) in [6.07, 6.45) is 3.59. The zero-order chi connectivity index (χ0) is 20.7. The summed E-state index contributed by atoms with van der Waals surface area (Å²) >= 11 is 0. The summed E-state index contributed by atoms with van der Waals surface area (Å²) in [6.45, 7) is 3.68. The molecule has 1 amide bonds. The third-order valence-corrected chi connectivity index (χ3v) is 6.02. The molecule has 3 aromatic rings. The maximum atomic E-state index is 13.1. The van der Waals surface area contributed by atoms with Crippen LogP contribution in [0.15, 0.2) is 36.5 Å². The number of fused-ring (bicyclic) bond motifs is 2. The first-order valence-corrected chi connectivity index (χ1v) is 10.4. The summed E-state index contributed by atoms with van der Waals surface area (Å²) < 4.78 is 15.0. The van der Waals surface area contributed by atoms with Crippen LogP contribution in [0.25, 0.3) is 5.65 Å². The van der Waals surface area contributed by atoms with E-state index in [-0.39, 0.29) is 17.6 Å². The molecule has 2 aliphatic rings. The van der Waals surface area contributed by atoms with Gasteiger partial charge in [-0.05, 0) is 30.7 Å². The molecule has 2 aromatic heterocycles. The number of carbonyl (C=O) groups is 1. The third-order valence-electron chi connectivity index (χ3n) is 6.02. The van der Waals surface area contributed by atoms with Gasteiger partial charge >= 0.3 is 0 Å². The Hall–Kier alpha value is -3.00. The second kappa shape index (κ2) is 7.68. The van der Waals surface area contributed by atoms with E-state index in [0.717, 1.165) is 48.7 Å². The Kier molecular flexibility index (Phi) is 4.86. The lowest BCUT2D eigenvalue weighted by atomic mass is 9.96. The molecule has 0 bridgehead atoms. The summed E-state index contributed by atoms with van der Waals surface area (Å²) in [7, 11) is 1.81. The number of nitrogens with zero attached hydrogens (tertiary/aromatic N) is 5. The predicted octanol–water partition coefficient (Wildman–Crippen LogP) is 1.65. The molecule has 1 fully saturated rings. The first-order chi connectivity index (χ1) is 14.6. The van der Waals surface area contributed by atoms with Crippen molar-refractivity contribution < 1.29 is 9.18 Å². The molecule has 1 aromatic carbocycles. The summed E-state index contributed by atoms with van der Waals surface area (Å²) in [5, 5.41) is 7.93. The van der Waals surface area contributed by atoms with Gasteiger partial charge in [0.2, 0.25) is 5.91 Å². The van der Waals surface area contributed by atoms with Gasteiger partial charge in [0.05, 0.1) is 17.8 Å². The second-order valence-electron chi connectivity index (χ2n) is 8.13. The Morgan fingerprint density at radius 1 is 1.20 bits per heavy atom. The number of hydrogen-bond acceptors (Lipinski definition) is 5. The van der Waals surface area contributed by atoms with Crippen molar-refractivity contribution >= 4 is 17.4 Å². The van der Waals surface area contributed by atoms with Crippen LogP contribution >= 0.6 is 0 Å². The van der Waals surface area contributed by atoms with Crippen LogP contribution in [0.3, 0.4) is 0 Å². The standard InChI is InChI=1S/C22H25FN6O/c1-27(12-15-2-4-17(23)5-3-15)22(30)16-13-28(14-16)21-18-6-9-24-10-7-19(18)26-20-8-11-25-29(20)21/h2-5,8,11,16,24H,6-7,9-10,12-14H2,1H3. The van der Waals surface area contributed by atoms with Gasteiger partial charge < -0.3 is 15.1 Å². The Morgan fingerprint density at radius 2 is 1.97 bits per heavy atom. The number of anilines is 1. The third kappa shape index (κ3) is 3.41. The molecule has 1 saturated heterocycles. The average Bonchev–Trinajstić information content (AvgIpc) is 3.04. The minimum absolute atomic E-state index is 0.0474. The number of hydrogen-bond donors (Lipinski definition) is 1. The van der Waals surface area contributed by atoms with E-state index in [1.807, 2.05) is 17.6 Å². The quantitative estimate of drug-likeness (QED) is 0.711. The molecule has 2 aliphatic heterocycles. The highest BCUT2D eigenvalue weighted by molar-refractivity contribution is 5.82. The Balaban J connectivity index is 1.32. The highest BCUT2D eigenvalue weighted by atomic mass is 19.1. The maximum absolute atomic E-state index is 13.1. The molecule has 0 atom stereocenters. The van der Waals surface area contributed by atoms with E-state index >= 15 is 0 Å². The molecule has 7 nitrogen and oxygen atoms in total. The van der Waals surface area contributed by atoms with E-state index < -0.39 is 0 Å². The van der Waals surface area contributed by atoms with Crippen molar-refractivity contribution in [3.8, 4) is 0 Å². The lowest BCUT2D eigenvalue weighted by molar-refractivity contribution is -0.135. The van der Waals surface area contributed by atoms with Crippen molar-refractivity contribution in [1.29, 1.82) is 0 Å². The summed E-state index contributed by atoms with van der Waals surface area (Å²) in [5.74, 6) is 0.885. The van der Waals surface area contributed by atoms with Gasteiger partial charge in [-0.15, -0.1) is 0 Å². The SMILES string of the molecule is CN(Cc1ccc(F)cc1)C(=O)C1CN(c2c3c(nc4ccnn24)CCNCC3)C1. The highest BCUT2D eigenvalue weighted by Crippen LogP contribution is 2.32. The van der Waals surface area contributed by atoms with Gasteiger partial charge in [-0.2, -0.15) is 9.61 Å². The first kappa shape index (κ1) is 19.0. The fourth-order valence-electron chi connectivity index (χ4n) is 4.40. The van der Waals surface area contributed by atoms with Crippen molar-refractivity contribution in [3.63, 3.8) is 0 Å². The van der Waals surface area contributed by atoms with E-state index in [0.29, 0.717) is 19.6 Å². The van der Waals surface area contributed by atoms with Crippen molar-refractivity contribution in [3.05, 3.63) is 59.2 Å². The molecule has 0 unspecified atom stereocenters. The molecule has 4 heterocycles. The molecular formula is C22H25FN6O. The summed E-state index contributed by atoms with van der Waals surface area (Å²) in [6, 6.07) is 8.24. The number of rotatable bonds is 4. The number of halogens is 1. The number of carbonyl (C=O) groups excluding carboxylic acids is 1. The van der Waals surface area contributed by atoms with E-state index in [4.69, 9.17) is 4.98 Å². The Labute approximate surface area is 174 Å². The number of amides is 1. The molecule has 0 radical (unpaired) electrons. The van der Waals surface area contributed by atoms with Crippen LogP contribution < -0.4 is 10.2 Å². The van der Waals surface area contributed by atoms with E-state index in [1.54, 1.807) is 23.2 Å². The minimum Gasteiger partial charge on any atom is -0.354 e. The van der Waals surface area contributed by atoms with Crippen LogP contribution in [0.5, 0.6) is 0 Å². The molecule has 8 heteroatoms. The van der Waals surface area contributed by atoms with E-state index in [9.17, 15) is 9.18 Å². The number of benzene rings is 1. The molecular weight excluding hydrogens is 383 g/mol. The molecule has 1 N–H and O–H groups in total. The van der Waals surface area contributed by atoms with Crippen LogP contribution in [-0.4, -0.2) is 58.6 Å². The predicted molar refractivity (Wildman–Crippen MR) is 112 cm³/mol. The zero-order valence-electron chi connectivity index (χ0n) is 17.0. The first-order valence-electron chi connectivity index (χ1n) is 10.4. The fraction of sp³-hybridized carbons (Fsp3) is 0.409. The molecule has 156 valence electrons. The Morgan fingerprint density at radius 3 is 2.77 bits per heavy atom. The largest absolute Gasteiger partial charge is 0.354 e. The van der Waals surface area contributed by atoms with Gasteiger partial charge in [0.15, 0.2) is 5.65 Å². The smallest absolute Gasteiger partial charge is 0.229 e. The van der Waals surface area contributed by atoms with Gasteiger partial charge in [0.25, 0.3) is 0 Å². The van der Waals surface area contributed by atoms with Gasteiger partial charge in [0.1, 0.15) is 11.6 Å². The second-order valence-corrected chi connectivity index (χ2v) is 8.13. The molecule has 5 rings (SSSR count). The summed E-state index contributed by atoms with van der Waals surface area (Å²) in [5.41, 5.74) is 4.15. The number of nitrogens with one attached hydrogen (secondary N) is 1. The minimum atomic E-state index is -0.265. The van der Waals surface area contributed by atoms with Crippen LogP contribution in [0.4, 0.5) is 10.2 Å². The fourth-order valence-corrected chi connectivity index (χ4v) is 4.40. The molecule has 0 spiro atoms. The van der Waals surface area contributed by atoms with Gasteiger partial charge in [-0.1, -0.05) is 12.1 Å². The van der Waals surface area contributed by atoms with Gasteiger partial charge in [0, 0.05) is 51.3 Å². The molecule has 0 saturated carbocycles. The number of aromatic nitrogens is 3.